The van der Waals surface area contributed by atoms with Crippen LogP contribution in [0.4, 0.5) is 5.69 Å². The van der Waals surface area contributed by atoms with E-state index in [1.165, 1.54) is 5.56 Å². The maximum absolute atomic E-state index is 5.91. The van der Waals surface area contributed by atoms with Crippen molar-refractivity contribution in [2.24, 2.45) is 10.7 Å². The maximum Gasteiger partial charge on any atom is 0.218 e. The number of aromatic nitrogens is 1. The predicted octanol–water partition coefficient (Wildman–Crippen LogP) is 2.58. The van der Waals surface area contributed by atoms with Crippen LogP contribution in [0.25, 0.3) is 0 Å². The number of rotatable bonds is 5. The van der Waals surface area contributed by atoms with Gasteiger partial charge in [0.15, 0.2) is 5.96 Å². The molecule has 0 saturated carbocycles. The fourth-order valence-corrected chi connectivity index (χ4v) is 1.96. The number of guanidine groups is 1. The van der Waals surface area contributed by atoms with Gasteiger partial charge in [-0.15, -0.1) is 0 Å². The highest BCUT2D eigenvalue weighted by Crippen LogP contribution is 2.15. The number of anilines is 1. The molecule has 1 aromatic carbocycles. The molecule has 0 saturated heterocycles. The quantitative estimate of drug-likeness (QED) is 0.654. The first-order chi connectivity index (χ1) is 10.2. The van der Waals surface area contributed by atoms with Crippen LogP contribution in [-0.4, -0.2) is 18.1 Å². The van der Waals surface area contributed by atoms with Crippen LogP contribution in [0.5, 0.6) is 5.88 Å². The smallest absolute Gasteiger partial charge is 0.218 e. The molecule has 3 N–H and O–H groups in total. The van der Waals surface area contributed by atoms with Gasteiger partial charge in [0.25, 0.3) is 0 Å². The average Bonchev–Trinajstić information content (AvgIpc) is 2.53. The second-order valence-corrected chi connectivity index (χ2v) is 4.55. The van der Waals surface area contributed by atoms with Gasteiger partial charge in [-0.25, -0.2) is 9.98 Å². The Labute approximate surface area is 124 Å². The second kappa shape index (κ2) is 7.28. The second-order valence-electron chi connectivity index (χ2n) is 4.55. The zero-order valence-corrected chi connectivity index (χ0v) is 12.3. The summed E-state index contributed by atoms with van der Waals surface area (Å²) in [6, 6.07) is 11.9. The molecule has 5 heteroatoms. The Bertz CT molecular complexity index is 625. The third-order valence-corrected chi connectivity index (χ3v) is 3.07. The maximum atomic E-state index is 5.91. The van der Waals surface area contributed by atoms with E-state index in [-0.39, 0.29) is 0 Å². The van der Waals surface area contributed by atoms with Crippen LogP contribution >= 0.6 is 0 Å². The van der Waals surface area contributed by atoms with E-state index in [4.69, 9.17) is 10.5 Å². The highest BCUT2D eigenvalue weighted by molar-refractivity contribution is 5.92. The molecular formula is C16H20N4O. The first-order valence-corrected chi connectivity index (χ1v) is 6.86. The number of benzene rings is 1. The molecule has 5 nitrogen and oxygen atoms in total. The molecule has 0 unspecified atom stereocenters. The van der Waals surface area contributed by atoms with E-state index in [1.807, 2.05) is 24.3 Å². The molecule has 0 spiro atoms. The van der Waals surface area contributed by atoms with Gasteiger partial charge in [0, 0.05) is 17.4 Å². The van der Waals surface area contributed by atoms with Gasteiger partial charge in [-0.2, -0.15) is 0 Å². The van der Waals surface area contributed by atoms with Gasteiger partial charge in [-0.05, 0) is 30.2 Å². The van der Waals surface area contributed by atoms with Crippen molar-refractivity contribution in [1.29, 1.82) is 0 Å². The lowest BCUT2D eigenvalue weighted by Gasteiger charge is -2.08. The van der Waals surface area contributed by atoms with E-state index in [0.717, 1.165) is 17.7 Å². The highest BCUT2D eigenvalue weighted by Gasteiger charge is 2.02. The molecule has 1 aromatic heterocycles. The number of aryl methyl sites for hydroxylation is 1. The molecule has 0 aliphatic rings. The third kappa shape index (κ3) is 4.21. The molecular weight excluding hydrogens is 264 g/mol. The molecule has 0 aliphatic heterocycles. The van der Waals surface area contributed by atoms with Crippen molar-refractivity contribution in [2.45, 2.75) is 19.9 Å². The van der Waals surface area contributed by atoms with Crippen molar-refractivity contribution >= 4 is 11.6 Å². The van der Waals surface area contributed by atoms with E-state index >= 15 is 0 Å². The Morgan fingerprint density at radius 1 is 1.33 bits per heavy atom. The van der Waals surface area contributed by atoms with Crippen molar-refractivity contribution < 1.29 is 4.74 Å². The number of hydrogen-bond donors (Lipinski definition) is 2. The first kappa shape index (κ1) is 14.8. The van der Waals surface area contributed by atoms with Crippen LogP contribution in [0.3, 0.4) is 0 Å². The number of methoxy groups -OCH3 is 1. The van der Waals surface area contributed by atoms with Crippen molar-refractivity contribution in [1.82, 2.24) is 4.98 Å². The summed E-state index contributed by atoms with van der Waals surface area (Å²) in [5, 5.41) is 3.09. The van der Waals surface area contributed by atoms with Gasteiger partial charge in [-0.3, -0.25) is 0 Å². The Morgan fingerprint density at radius 2 is 2.19 bits per heavy atom. The summed E-state index contributed by atoms with van der Waals surface area (Å²) < 4.78 is 5.18. The Hall–Kier alpha value is -2.56. The average molecular weight is 284 g/mol. The minimum atomic E-state index is 0.370. The summed E-state index contributed by atoms with van der Waals surface area (Å²) in [5.41, 5.74) is 9.00. The molecule has 0 bridgehead atoms. The number of aliphatic imine (C=N–C) groups is 1. The molecule has 1 heterocycles. The number of ether oxygens (including phenoxy) is 1. The minimum absolute atomic E-state index is 0.370. The van der Waals surface area contributed by atoms with E-state index in [2.05, 4.69) is 34.3 Å². The molecule has 110 valence electrons. The number of pyridine rings is 1. The lowest BCUT2D eigenvalue weighted by atomic mass is 10.1. The van der Waals surface area contributed by atoms with Crippen LogP contribution in [0, 0.1) is 0 Å². The molecule has 2 rings (SSSR count). The molecule has 0 amide bonds. The number of hydrogen-bond acceptors (Lipinski definition) is 3. The molecule has 0 fully saturated rings. The van der Waals surface area contributed by atoms with Gasteiger partial charge in [-0.1, -0.05) is 25.1 Å². The van der Waals surface area contributed by atoms with Crippen molar-refractivity contribution in [3.8, 4) is 5.88 Å². The van der Waals surface area contributed by atoms with Crippen molar-refractivity contribution in [2.75, 3.05) is 12.4 Å². The first-order valence-electron chi connectivity index (χ1n) is 6.86. The minimum Gasteiger partial charge on any atom is -0.481 e. The molecule has 0 radical (unpaired) electrons. The van der Waals surface area contributed by atoms with Crippen LogP contribution in [-0.2, 0) is 13.0 Å². The monoisotopic (exact) mass is 284 g/mol. The topological polar surface area (TPSA) is 72.5 Å². The van der Waals surface area contributed by atoms with Gasteiger partial charge >= 0.3 is 0 Å². The van der Waals surface area contributed by atoms with E-state index in [9.17, 15) is 0 Å². The van der Waals surface area contributed by atoms with Crippen LogP contribution in [0.2, 0.25) is 0 Å². The van der Waals surface area contributed by atoms with Crippen LogP contribution in [0.15, 0.2) is 47.6 Å². The van der Waals surface area contributed by atoms with E-state index in [0.29, 0.717) is 18.4 Å². The standard InChI is InChI=1S/C16H20N4O/c1-3-12-6-4-8-14(10-12)20-16(17)19-11-13-7-5-9-18-15(13)21-2/h4-10H,3,11H2,1-2H3,(H3,17,19,20). The molecule has 2 aromatic rings. The summed E-state index contributed by atoms with van der Waals surface area (Å²) in [6.45, 7) is 2.54. The Balaban J connectivity index is 2.04. The summed E-state index contributed by atoms with van der Waals surface area (Å²) in [4.78, 5) is 8.45. The predicted molar refractivity (Wildman–Crippen MR) is 85.6 cm³/mol. The zero-order chi connectivity index (χ0) is 15.1. The largest absolute Gasteiger partial charge is 0.481 e. The SMILES string of the molecule is CCc1cccc(NC(N)=NCc2cccnc2OC)c1. The fraction of sp³-hybridized carbons (Fsp3) is 0.250. The van der Waals surface area contributed by atoms with Gasteiger partial charge < -0.3 is 15.8 Å². The van der Waals surface area contributed by atoms with Crippen LogP contribution in [0.1, 0.15) is 18.1 Å². The highest BCUT2D eigenvalue weighted by atomic mass is 16.5. The Morgan fingerprint density at radius 3 is 2.95 bits per heavy atom. The van der Waals surface area contributed by atoms with E-state index in [1.54, 1.807) is 13.3 Å². The summed E-state index contributed by atoms with van der Waals surface area (Å²) in [6.07, 6.45) is 2.67. The number of nitrogens with two attached hydrogens (primary N) is 1. The van der Waals surface area contributed by atoms with Crippen LogP contribution < -0.4 is 15.8 Å². The molecule has 21 heavy (non-hydrogen) atoms. The number of nitrogens with zero attached hydrogens (tertiary/aromatic N) is 2. The fourth-order valence-electron chi connectivity index (χ4n) is 1.96. The van der Waals surface area contributed by atoms with E-state index < -0.39 is 0 Å². The summed E-state index contributed by atoms with van der Waals surface area (Å²) in [7, 11) is 1.59. The summed E-state index contributed by atoms with van der Waals surface area (Å²) >= 11 is 0. The van der Waals surface area contributed by atoms with Gasteiger partial charge in [0.05, 0.1) is 13.7 Å². The van der Waals surface area contributed by atoms with Gasteiger partial charge in [0.2, 0.25) is 5.88 Å². The normalized spacial score (nSPS) is 11.2. The lowest BCUT2D eigenvalue weighted by Crippen LogP contribution is -2.22. The molecule has 0 atom stereocenters. The molecule has 0 aliphatic carbocycles. The van der Waals surface area contributed by atoms with Crippen molar-refractivity contribution in [3.05, 3.63) is 53.7 Å². The third-order valence-electron chi connectivity index (χ3n) is 3.07. The van der Waals surface area contributed by atoms with Crippen molar-refractivity contribution in [3.63, 3.8) is 0 Å². The Kier molecular flexibility index (Phi) is 5.15. The lowest BCUT2D eigenvalue weighted by molar-refractivity contribution is 0.392. The zero-order valence-electron chi connectivity index (χ0n) is 12.3. The number of nitrogens with one attached hydrogen (secondary N) is 1. The van der Waals surface area contributed by atoms with Gasteiger partial charge in [0.1, 0.15) is 0 Å². The summed E-state index contributed by atoms with van der Waals surface area (Å²) in [5.74, 6) is 0.941.